The fourth-order valence-corrected chi connectivity index (χ4v) is 3.08. The predicted octanol–water partition coefficient (Wildman–Crippen LogP) is 3.30. The van der Waals surface area contributed by atoms with E-state index >= 15 is 0 Å². The Bertz CT molecular complexity index is 433. The zero-order valence-electron chi connectivity index (χ0n) is 12.9. The second-order valence-corrected chi connectivity index (χ2v) is 5.91. The van der Waals surface area contributed by atoms with E-state index in [0.717, 1.165) is 29.8 Å². The molecule has 0 bridgehead atoms. The van der Waals surface area contributed by atoms with Gasteiger partial charge >= 0.3 is 0 Å². The number of likely N-dealkylation sites (tertiary alicyclic amines) is 1. The van der Waals surface area contributed by atoms with Gasteiger partial charge in [-0.05, 0) is 62.9 Å². The molecule has 20 heavy (non-hydrogen) atoms. The van der Waals surface area contributed by atoms with Crippen molar-refractivity contribution in [1.29, 1.82) is 0 Å². The largest absolute Gasteiger partial charge is 0.497 e. The number of aryl methyl sites for hydroxylation is 1. The molecule has 1 fully saturated rings. The van der Waals surface area contributed by atoms with Crippen LogP contribution in [0.15, 0.2) is 18.2 Å². The van der Waals surface area contributed by atoms with E-state index in [-0.39, 0.29) is 6.10 Å². The topological polar surface area (TPSA) is 32.7 Å². The summed E-state index contributed by atoms with van der Waals surface area (Å²) in [6.07, 6.45) is 4.35. The minimum atomic E-state index is -0.380. The molecule has 112 valence electrons. The van der Waals surface area contributed by atoms with Gasteiger partial charge in [-0.1, -0.05) is 12.5 Å². The van der Waals surface area contributed by atoms with Crippen LogP contribution in [0.3, 0.4) is 0 Å². The van der Waals surface area contributed by atoms with Gasteiger partial charge in [0.05, 0.1) is 13.2 Å². The van der Waals surface area contributed by atoms with E-state index in [9.17, 15) is 5.11 Å². The average Bonchev–Trinajstić information content (AvgIpc) is 2.46. The van der Waals surface area contributed by atoms with Gasteiger partial charge in [0.2, 0.25) is 0 Å². The molecule has 2 rings (SSSR count). The van der Waals surface area contributed by atoms with E-state index in [2.05, 4.69) is 11.8 Å². The summed E-state index contributed by atoms with van der Waals surface area (Å²) in [7, 11) is 1.67. The van der Waals surface area contributed by atoms with Gasteiger partial charge in [-0.25, -0.2) is 0 Å². The molecule has 1 N–H and O–H groups in total. The number of methoxy groups -OCH3 is 1. The van der Waals surface area contributed by atoms with Crippen molar-refractivity contribution in [3.05, 3.63) is 29.3 Å². The Morgan fingerprint density at radius 1 is 1.40 bits per heavy atom. The van der Waals surface area contributed by atoms with Crippen molar-refractivity contribution in [2.75, 3.05) is 20.2 Å². The van der Waals surface area contributed by atoms with Crippen LogP contribution in [-0.2, 0) is 0 Å². The van der Waals surface area contributed by atoms with E-state index in [0.29, 0.717) is 6.04 Å². The summed E-state index contributed by atoms with van der Waals surface area (Å²) in [5.41, 5.74) is 2.12. The molecule has 1 aliphatic heterocycles. The highest BCUT2D eigenvalue weighted by molar-refractivity contribution is 5.36. The third-order valence-electron chi connectivity index (χ3n) is 4.47. The Kier molecular flexibility index (Phi) is 5.44. The SMILES string of the molecule is COc1ccc(C(O)CCN2CCCCC2C)c(C)c1. The van der Waals surface area contributed by atoms with E-state index < -0.39 is 0 Å². The molecule has 1 saturated heterocycles. The number of piperidine rings is 1. The minimum absolute atomic E-state index is 0.380. The zero-order chi connectivity index (χ0) is 14.5. The first-order chi connectivity index (χ1) is 9.61. The lowest BCUT2D eigenvalue weighted by Gasteiger charge is -2.33. The number of ether oxygens (including phenoxy) is 1. The van der Waals surface area contributed by atoms with Crippen LogP contribution < -0.4 is 4.74 Å². The van der Waals surface area contributed by atoms with Crippen molar-refractivity contribution in [2.45, 2.75) is 51.7 Å². The van der Waals surface area contributed by atoms with Crippen LogP contribution in [-0.4, -0.2) is 36.2 Å². The number of benzene rings is 1. The summed E-state index contributed by atoms with van der Waals surface area (Å²) in [5.74, 6) is 0.850. The second-order valence-electron chi connectivity index (χ2n) is 5.91. The van der Waals surface area contributed by atoms with Gasteiger partial charge in [0, 0.05) is 12.6 Å². The Balaban J connectivity index is 1.92. The van der Waals surface area contributed by atoms with E-state index in [1.807, 2.05) is 25.1 Å². The first-order valence-corrected chi connectivity index (χ1v) is 7.68. The molecule has 0 radical (unpaired) electrons. The highest BCUT2D eigenvalue weighted by Gasteiger charge is 2.19. The number of hydrogen-bond donors (Lipinski definition) is 1. The van der Waals surface area contributed by atoms with Crippen LogP contribution in [0, 0.1) is 6.92 Å². The highest BCUT2D eigenvalue weighted by Crippen LogP contribution is 2.26. The molecule has 0 saturated carbocycles. The highest BCUT2D eigenvalue weighted by atomic mass is 16.5. The summed E-state index contributed by atoms with van der Waals surface area (Å²) >= 11 is 0. The smallest absolute Gasteiger partial charge is 0.119 e. The van der Waals surface area contributed by atoms with Crippen molar-refractivity contribution in [3.8, 4) is 5.75 Å². The van der Waals surface area contributed by atoms with E-state index in [1.54, 1.807) is 7.11 Å². The van der Waals surface area contributed by atoms with Gasteiger partial charge in [-0.2, -0.15) is 0 Å². The predicted molar refractivity (Wildman–Crippen MR) is 82.2 cm³/mol. The van der Waals surface area contributed by atoms with Crippen molar-refractivity contribution in [3.63, 3.8) is 0 Å². The first kappa shape index (κ1) is 15.3. The monoisotopic (exact) mass is 277 g/mol. The maximum atomic E-state index is 10.4. The van der Waals surface area contributed by atoms with Gasteiger partial charge in [0.15, 0.2) is 0 Å². The molecule has 0 spiro atoms. The van der Waals surface area contributed by atoms with Crippen molar-refractivity contribution < 1.29 is 9.84 Å². The molecular formula is C17H27NO2. The molecule has 1 aliphatic rings. The van der Waals surface area contributed by atoms with Crippen LogP contribution in [0.1, 0.15) is 49.8 Å². The molecular weight excluding hydrogens is 250 g/mol. The molecule has 1 aromatic carbocycles. The normalized spacial score (nSPS) is 21.7. The van der Waals surface area contributed by atoms with Gasteiger partial charge in [-0.3, -0.25) is 0 Å². The maximum Gasteiger partial charge on any atom is 0.119 e. The third-order valence-corrected chi connectivity index (χ3v) is 4.47. The van der Waals surface area contributed by atoms with Crippen LogP contribution in [0.25, 0.3) is 0 Å². The van der Waals surface area contributed by atoms with E-state index in [4.69, 9.17) is 4.74 Å². The molecule has 1 heterocycles. The van der Waals surface area contributed by atoms with Crippen LogP contribution >= 0.6 is 0 Å². The fraction of sp³-hybridized carbons (Fsp3) is 0.647. The van der Waals surface area contributed by atoms with E-state index in [1.165, 1.54) is 25.8 Å². The third kappa shape index (κ3) is 3.74. The van der Waals surface area contributed by atoms with Gasteiger partial charge in [0.25, 0.3) is 0 Å². The summed E-state index contributed by atoms with van der Waals surface area (Å²) in [6.45, 7) is 6.48. The first-order valence-electron chi connectivity index (χ1n) is 7.68. The summed E-state index contributed by atoms with van der Waals surface area (Å²) < 4.78 is 5.21. The molecule has 2 atom stereocenters. The lowest BCUT2D eigenvalue weighted by molar-refractivity contribution is 0.109. The average molecular weight is 277 g/mol. The molecule has 2 unspecified atom stereocenters. The lowest BCUT2D eigenvalue weighted by atomic mass is 9.99. The molecule has 3 heteroatoms. The van der Waals surface area contributed by atoms with Gasteiger partial charge < -0.3 is 14.7 Å². The number of hydrogen-bond acceptors (Lipinski definition) is 3. The number of aliphatic hydroxyl groups excluding tert-OH is 1. The van der Waals surface area contributed by atoms with Gasteiger partial charge in [-0.15, -0.1) is 0 Å². The van der Waals surface area contributed by atoms with Crippen LogP contribution in [0.4, 0.5) is 0 Å². The zero-order valence-corrected chi connectivity index (χ0v) is 12.9. The summed E-state index contributed by atoms with van der Waals surface area (Å²) in [5, 5.41) is 10.4. The quantitative estimate of drug-likeness (QED) is 0.896. The number of aliphatic hydroxyl groups is 1. The molecule has 1 aromatic rings. The number of rotatable bonds is 5. The Morgan fingerprint density at radius 3 is 2.85 bits per heavy atom. The Labute approximate surface area is 122 Å². The molecule has 0 aromatic heterocycles. The minimum Gasteiger partial charge on any atom is -0.497 e. The van der Waals surface area contributed by atoms with Crippen molar-refractivity contribution in [1.82, 2.24) is 4.90 Å². The Morgan fingerprint density at radius 2 is 2.20 bits per heavy atom. The summed E-state index contributed by atoms with van der Waals surface area (Å²) in [4.78, 5) is 2.51. The Hall–Kier alpha value is -1.06. The molecule has 3 nitrogen and oxygen atoms in total. The number of nitrogens with zero attached hydrogens (tertiary/aromatic N) is 1. The van der Waals surface area contributed by atoms with Gasteiger partial charge in [0.1, 0.15) is 5.75 Å². The lowest BCUT2D eigenvalue weighted by Crippen LogP contribution is -2.38. The standard InChI is InChI=1S/C17H27NO2/c1-13-12-15(20-3)7-8-16(13)17(19)9-11-18-10-5-4-6-14(18)2/h7-8,12,14,17,19H,4-6,9-11H2,1-3H3. The fourth-order valence-electron chi connectivity index (χ4n) is 3.08. The summed E-state index contributed by atoms with van der Waals surface area (Å²) in [6, 6.07) is 6.56. The molecule has 0 aliphatic carbocycles. The van der Waals surface area contributed by atoms with Crippen LogP contribution in [0.5, 0.6) is 5.75 Å². The second kappa shape index (κ2) is 7.09. The molecule has 0 amide bonds. The van der Waals surface area contributed by atoms with Crippen molar-refractivity contribution in [2.24, 2.45) is 0 Å². The van der Waals surface area contributed by atoms with Crippen LogP contribution in [0.2, 0.25) is 0 Å². The van der Waals surface area contributed by atoms with Crippen molar-refractivity contribution >= 4 is 0 Å². The maximum absolute atomic E-state index is 10.4.